The van der Waals surface area contributed by atoms with Gasteiger partial charge in [0.05, 0.1) is 19.9 Å². The van der Waals surface area contributed by atoms with Crippen LogP contribution in [0.3, 0.4) is 0 Å². The third-order valence-corrected chi connectivity index (χ3v) is 5.41. The first-order chi connectivity index (χ1) is 13.9. The molecule has 0 amide bonds. The van der Waals surface area contributed by atoms with E-state index in [1.54, 1.807) is 31.3 Å². The largest absolute Gasteiger partial charge is 0.493 e. The van der Waals surface area contributed by atoms with Crippen LogP contribution in [0, 0.1) is 5.82 Å². The smallest absolute Gasteiger partial charge is 0.285 e. The zero-order valence-electron chi connectivity index (χ0n) is 16.1. The molecule has 0 saturated carbocycles. The molecule has 8 nitrogen and oxygen atoms in total. The molecule has 10 heteroatoms. The number of rotatable bonds is 7. The molecule has 154 valence electrons. The lowest BCUT2D eigenvalue weighted by molar-refractivity contribution is 0.141. The summed E-state index contributed by atoms with van der Waals surface area (Å²) in [6, 6.07) is 9.28. The van der Waals surface area contributed by atoms with Crippen molar-refractivity contribution in [1.29, 1.82) is 0 Å². The van der Waals surface area contributed by atoms with Gasteiger partial charge < -0.3 is 14.2 Å². The Morgan fingerprint density at radius 2 is 1.97 bits per heavy atom. The van der Waals surface area contributed by atoms with Crippen LogP contribution in [0.25, 0.3) is 0 Å². The van der Waals surface area contributed by atoms with Gasteiger partial charge in [-0.15, -0.1) is 4.40 Å². The lowest BCUT2D eigenvalue weighted by Crippen LogP contribution is -2.21. The quantitative estimate of drug-likeness (QED) is 0.387. The van der Waals surface area contributed by atoms with Crippen LogP contribution in [0.1, 0.15) is 11.1 Å². The molecule has 29 heavy (non-hydrogen) atoms. The summed E-state index contributed by atoms with van der Waals surface area (Å²) in [6.45, 7) is 0.483. The Balaban J connectivity index is 1.84. The molecule has 1 heterocycles. The number of fused-ring (bicyclic) bond motifs is 1. The van der Waals surface area contributed by atoms with Gasteiger partial charge in [-0.2, -0.15) is 13.5 Å². The van der Waals surface area contributed by atoms with Gasteiger partial charge in [0.15, 0.2) is 23.2 Å². The van der Waals surface area contributed by atoms with Crippen LogP contribution in [0.15, 0.2) is 50.8 Å². The molecular weight excluding hydrogens is 401 g/mol. The summed E-state index contributed by atoms with van der Waals surface area (Å²) in [4.78, 5) is 0.127. The second kappa shape index (κ2) is 8.58. The highest BCUT2D eigenvalue weighted by molar-refractivity contribution is 7.90. The first-order valence-electron chi connectivity index (χ1n) is 8.58. The maximum absolute atomic E-state index is 14.4. The zero-order chi connectivity index (χ0) is 21.0. The van der Waals surface area contributed by atoms with Gasteiger partial charge in [-0.05, 0) is 24.3 Å². The lowest BCUT2D eigenvalue weighted by Gasteiger charge is -2.14. The van der Waals surface area contributed by atoms with Crippen molar-refractivity contribution in [2.24, 2.45) is 9.50 Å². The van der Waals surface area contributed by atoms with Gasteiger partial charge in [0.1, 0.15) is 11.5 Å². The molecule has 0 bridgehead atoms. The Morgan fingerprint density at radius 3 is 2.69 bits per heavy atom. The molecule has 0 aromatic heterocycles. The minimum atomic E-state index is -3.75. The summed E-state index contributed by atoms with van der Waals surface area (Å²) in [5.41, 5.74) is 0.859. The second-order valence-corrected chi connectivity index (χ2v) is 7.60. The van der Waals surface area contributed by atoms with Crippen molar-refractivity contribution < 1.29 is 27.0 Å². The van der Waals surface area contributed by atoms with Gasteiger partial charge in [0.25, 0.3) is 10.0 Å². The number of amidine groups is 1. The number of hydrogen-bond acceptors (Lipinski definition) is 7. The summed E-state index contributed by atoms with van der Waals surface area (Å²) in [7, 11) is 0.729. The Kier molecular flexibility index (Phi) is 6.14. The Labute approximate surface area is 168 Å². The van der Waals surface area contributed by atoms with E-state index >= 15 is 0 Å². The predicted molar refractivity (Wildman–Crippen MR) is 106 cm³/mol. The van der Waals surface area contributed by atoms with E-state index in [0.717, 1.165) is 0 Å². The molecule has 0 N–H and O–H groups in total. The molecule has 0 aliphatic carbocycles. The molecule has 0 unspecified atom stereocenters. The molecule has 0 spiro atoms. The van der Waals surface area contributed by atoms with E-state index in [2.05, 4.69) is 9.50 Å². The first-order valence-corrected chi connectivity index (χ1v) is 10.0. The van der Waals surface area contributed by atoms with Gasteiger partial charge in [0.2, 0.25) is 0 Å². The van der Waals surface area contributed by atoms with Crippen LogP contribution in [0.4, 0.5) is 4.39 Å². The van der Waals surface area contributed by atoms with Gasteiger partial charge in [-0.1, -0.05) is 12.1 Å². The van der Waals surface area contributed by atoms with Crippen molar-refractivity contribution in [2.45, 2.75) is 4.90 Å². The van der Waals surface area contributed by atoms with Crippen molar-refractivity contribution in [3.05, 3.63) is 53.3 Å². The second-order valence-electron chi connectivity index (χ2n) is 6.03. The third kappa shape index (κ3) is 4.38. The van der Waals surface area contributed by atoms with Gasteiger partial charge in [-0.3, -0.25) is 0 Å². The van der Waals surface area contributed by atoms with Crippen LogP contribution in [-0.4, -0.2) is 60.0 Å². The van der Waals surface area contributed by atoms with Crippen molar-refractivity contribution >= 4 is 22.1 Å². The fraction of sp³-hybridized carbons (Fsp3) is 0.263. The minimum absolute atomic E-state index is 0.0183. The third-order valence-electron chi connectivity index (χ3n) is 4.08. The molecule has 2 aromatic rings. The molecular formula is C19H20FN3O5S. The van der Waals surface area contributed by atoms with E-state index in [-0.39, 0.29) is 28.8 Å². The van der Waals surface area contributed by atoms with Crippen molar-refractivity contribution in [1.82, 2.24) is 5.01 Å². The average molecular weight is 421 g/mol. The van der Waals surface area contributed by atoms with Crippen LogP contribution < -0.4 is 9.47 Å². The number of hydrazone groups is 1. The number of hydrogen-bond donors (Lipinski definition) is 0. The fourth-order valence-electron chi connectivity index (χ4n) is 2.71. The fourth-order valence-corrected chi connectivity index (χ4v) is 3.94. The van der Waals surface area contributed by atoms with Crippen molar-refractivity contribution in [3.63, 3.8) is 0 Å². The number of halogens is 1. The standard InChI is InChI=1S/C19H20FN3O5S/c1-23(19-14-6-4-5-7-17(14)29(24,25)22-19)21-12-13-10-15(20)18(16(11-13)27-3)28-9-8-26-2/h4-7,10-12H,8-9H2,1-3H3/b21-12+. The number of methoxy groups -OCH3 is 2. The summed E-state index contributed by atoms with van der Waals surface area (Å²) in [6.07, 6.45) is 1.38. The number of benzene rings is 2. The summed E-state index contributed by atoms with van der Waals surface area (Å²) in [5.74, 6) is -0.244. The first kappa shape index (κ1) is 20.7. The molecule has 0 saturated heterocycles. The average Bonchev–Trinajstić information content (AvgIpc) is 2.99. The maximum Gasteiger partial charge on any atom is 0.285 e. The van der Waals surface area contributed by atoms with E-state index in [4.69, 9.17) is 14.2 Å². The highest BCUT2D eigenvalue weighted by atomic mass is 32.2. The molecule has 1 aliphatic heterocycles. The van der Waals surface area contributed by atoms with Gasteiger partial charge >= 0.3 is 0 Å². The number of sulfonamides is 1. The van der Waals surface area contributed by atoms with E-state index in [1.807, 2.05) is 0 Å². The number of ether oxygens (including phenoxy) is 3. The molecule has 0 atom stereocenters. The maximum atomic E-state index is 14.4. The predicted octanol–water partition coefficient (Wildman–Crippen LogP) is 2.27. The monoisotopic (exact) mass is 421 g/mol. The lowest BCUT2D eigenvalue weighted by atomic mass is 10.2. The summed E-state index contributed by atoms with van der Waals surface area (Å²) < 4.78 is 58.0. The van der Waals surface area contributed by atoms with E-state index in [1.165, 1.54) is 37.6 Å². The van der Waals surface area contributed by atoms with Crippen LogP contribution in [0.5, 0.6) is 11.5 Å². The van der Waals surface area contributed by atoms with E-state index in [0.29, 0.717) is 17.7 Å². The molecule has 3 rings (SSSR count). The van der Waals surface area contributed by atoms with Crippen molar-refractivity contribution in [3.8, 4) is 11.5 Å². The SMILES string of the molecule is COCCOc1c(F)cc(/C=N/N(C)C2=NS(=O)(=O)c3ccccc32)cc1OC. The Morgan fingerprint density at radius 1 is 1.21 bits per heavy atom. The topological polar surface area (TPSA) is 89.8 Å². The van der Waals surface area contributed by atoms with Crippen molar-refractivity contribution in [2.75, 3.05) is 34.5 Å². The van der Waals surface area contributed by atoms with Gasteiger partial charge in [-0.25, -0.2) is 9.40 Å². The highest BCUT2D eigenvalue weighted by Gasteiger charge is 2.30. The minimum Gasteiger partial charge on any atom is -0.493 e. The summed E-state index contributed by atoms with van der Waals surface area (Å²) >= 11 is 0. The van der Waals surface area contributed by atoms with Crippen LogP contribution in [0.2, 0.25) is 0 Å². The Hall–Kier alpha value is -2.98. The van der Waals surface area contributed by atoms with E-state index in [9.17, 15) is 12.8 Å². The number of nitrogens with zero attached hydrogens (tertiary/aromatic N) is 3. The van der Waals surface area contributed by atoms with E-state index < -0.39 is 15.8 Å². The normalized spacial score (nSPS) is 14.6. The molecule has 0 fully saturated rings. The molecule has 0 radical (unpaired) electrons. The highest BCUT2D eigenvalue weighted by Crippen LogP contribution is 2.31. The molecule has 2 aromatic carbocycles. The molecule has 1 aliphatic rings. The zero-order valence-corrected chi connectivity index (χ0v) is 16.9. The Bertz CT molecular complexity index is 1070. The van der Waals surface area contributed by atoms with Gasteiger partial charge in [0, 0.05) is 25.3 Å². The summed E-state index contributed by atoms with van der Waals surface area (Å²) in [5, 5.41) is 5.51. The van der Waals surface area contributed by atoms with Crippen LogP contribution in [-0.2, 0) is 14.8 Å². The van der Waals surface area contributed by atoms with Crippen LogP contribution >= 0.6 is 0 Å².